The molecular formula is C16H27NS. The number of aryl methyl sites for hydroxylation is 1. The molecule has 1 aliphatic rings. The molecule has 0 aliphatic heterocycles. The second-order valence-corrected chi connectivity index (χ2v) is 7.12. The van der Waals surface area contributed by atoms with Gasteiger partial charge in [0.1, 0.15) is 0 Å². The van der Waals surface area contributed by atoms with Gasteiger partial charge >= 0.3 is 0 Å². The summed E-state index contributed by atoms with van der Waals surface area (Å²) in [6.45, 7) is 8.05. The molecule has 2 heteroatoms. The summed E-state index contributed by atoms with van der Waals surface area (Å²) in [4.78, 5) is 1.51. The molecule has 2 unspecified atom stereocenters. The van der Waals surface area contributed by atoms with E-state index in [9.17, 15) is 0 Å². The summed E-state index contributed by atoms with van der Waals surface area (Å²) < 4.78 is 0. The van der Waals surface area contributed by atoms with Gasteiger partial charge in [0.2, 0.25) is 0 Å². The zero-order valence-electron chi connectivity index (χ0n) is 12.0. The minimum Gasteiger partial charge on any atom is -0.309 e. The van der Waals surface area contributed by atoms with Gasteiger partial charge < -0.3 is 5.32 Å². The van der Waals surface area contributed by atoms with Crippen molar-refractivity contribution < 1.29 is 0 Å². The van der Waals surface area contributed by atoms with Gasteiger partial charge in [0.25, 0.3) is 0 Å². The average Bonchev–Trinajstić information content (AvgIpc) is 2.62. The lowest BCUT2D eigenvalue weighted by Crippen LogP contribution is -2.28. The Bertz CT molecular complexity index is 356. The molecule has 0 spiro atoms. The summed E-state index contributed by atoms with van der Waals surface area (Å²) >= 11 is 1.89. The van der Waals surface area contributed by atoms with Gasteiger partial charge in [0, 0.05) is 17.5 Å². The molecule has 2 rings (SSSR count). The lowest BCUT2D eigenvalue weighted by molar-refractivity contribution is 0.338. The van der Waals surface area contributed by atoms with Gasteiger partial charge in [-0.05, 0) is 55.0 Å². The highest BCUT2D eigenvalue weighted by atomic mass is 32.1. The molecule has 1 aromatic heterocycles. The van der Waals surface area contributed by atoms with Crippen LogP contribution in [0.25, 0.3) is 0 Å². The van der Waals surface area contributed by atoms with Gasteiger partial charge in [-0.2, -0.15) is 0 Å². The number of thiophene rings is 1. The Kier molecular flexibility index (Phi) is 5.25. The fourth-order valence-corrected chi connectivity index (χ4v) is 3.88. The Balaban J connectivity index is 1.79. The second-order valence-electron chi connectivity index (χ2n) is 6.12. The summed E-state index contributed by atoms with van der Waals surface area (Å²) in [5.74, 6) is 1.82. The van der Waals surface area contributed by atoms with E-state index in [0.717, 1.165) is 24.4 Å². The van der Waals surface area contributed by atoms with Gasteiger partial charge in [-0.25, -0.2) is 0 Å². The van der Waals surface area contributed by atoms with Crippen LogP contribution in [-0.2, 0) is 6.54 Å². The molecule has 2 atom stereocenters. The van der Waals surface area contributed by atoms with E-state index in [2.05, 4.69) is 37.5 Å². The summed E-state index contributed by atoms with van der Waals surface area (Å²) in [6, 6.07) is 2.97. The first-order valence-corrected chi connectivity index (χ1v) is 8.31. The molecule has 1 N–H and O–H groups in total. The van der Waals surface area contributed by atoms with Crippen molar-refractivity contribution in [3.63, 3.8) is 0 Å². The van der Waals surface area contributed by atoms with Crippen LogP contribution in [0.5, 0.6) is 0 Å². The van der Waals surface area contributed by atoms with Crippen molar-refractivity contribution in [1.82, 2.24) is 5.32 Å². The lowest BCUT2D eigenvalue weighted by atomic mass is 9.89. The molecule has 1 aliphatic carbocycles. The first-order valence-electron chi connectivity index (χ1n) is 7.43. The van der Waals surface area contributed by atoms with E-state index in [4.69, 9.17) is 0 Å². The molecule has 1 saturated carbocycles. The summed E-state index contributed by atoms with van der Waals surface area (Å²) in [5, 5.41) is 5.98. The van der Waals surface area contributed by atoms with Crippen molar-refractivity contribution in [2.75, 3.05) is 0 Å². The molecule has 0 bridgehead atoms. The van der Waals surface area contributed by atoms with Crippen molar-refractivity contribution in [1.29, 1.82) is 0 Å². The minimum atomic E-state index is 0.746. The molecule has 0 amide bonds. The van der Waals surface area contributed by atoms with Crippen LogP contribution < -0.4 is 5.32 Å². The third-order valence-corrected chi connectivity index (χ3v) is 5.50. The third kappa shape index (κ3) is 3.83. The Morgan fingerprint density at radius 1 is 1.28 bits per heavy atom. The van der Waals surface area contributed by atoms with Crippen LogP contribution in [0, 0.1) is 18.8 Å². The summed E-state index contributed by atoms with van der Waals surface area (Å²) in [6.07, 6.45) is 7.00. The van der Waals surface area contributed by atoms with Crippen molar-refractivity contribution in [2.24, 2.45) is 11.8 Å². The van der Waals surface area contributed by atoms with Gasteiger partial charge in [-0.15, -0.1) is 11.3 Å². The molecule has 0 radical (unpaired) electrons. The molecule has 0 aromatic carbocycles. The van der Waals surface area contributed by atoms with E-state index in [1.54, 1.807) is 0 Å². The molecule has 1 fully saturated rings. The van der Waals surface area contributed by atoms with Crippen molar-refractivity contribution >= 4 is 11.3 Å². The number of rotatable bonds is 4. The van der Waals surface area contributed by atoms with Gasteiger partial charge in [-0.1, -0.05) is 26.7 Å². The normalized spacial score (nSPS) is 25.3. The highest BCUT2D eigenvalue weighted by Gasteiger charge is 2.20. The maximum Gasteiger partial charge on any atom is 0.0304 e. The molecule has 1 nitrogen and oxygen atoms in total. The third-order valence-electron chi connectivity index (χ3n) is 4.48. The van der Waals surface area contributed by atoms with E-state index in [1.165, 1.54) is 42.5 Å². The van der Waals surface area contributed by atoms with E-state index < -0.39 is 0 Å². The van der Waals surface area contributed by atoms with Crippen molar-refractivity contribution in [3.8, 4) is 0 Å². The topological polar surface area (TPSA) is 12.0 Å². The van der Waals surface area contributed by atoms with E-state index in [1.807, 2.05) is 11.3 Å². The van der Waals surface area contributed by atoms with Crippen LogP contribution >= 0.6 is 11.3 Å². The second kappa shape index (κ2) is 6.72. The van der Waals surface area contributed by atoms with E-state index >= 15 is 0 Å². The highest BCUT2D eigenvalue weighted by molar-refractivity contribution is 7.10. The zero-order valence-corrected chi connectivity index (χ0v) is 12.9. The minimum absolute atomic E-state index is 0.746. The van der Waals surface area contributed by atoms with Crippen molar-refractivity contribution in [3.05, 3.63) is 21.9 Å². The Hall–Kier alpha value is -0.340. The lowest BCUT2D eigenvalue weighted by Gasteiger charge is -2.19. The number of nitrogens with one attached hydrogen (secondary N) is 1. The summed E-state index contributed by atoms with van der Waals surface area (Å²) in [7, 11) is 0. The van der Waals surface area contributed by atoms with Crippen LogP contribution in [0.15, 0.2) is 11.4 Å². The van der Waals surface area contributed by atoms with Crippen LogP contribution in [0.1, 0.15) is 56.4 Å². The molecule has 0 saturated heterocycles. The predicted octanol–water partition coefficient (Wildman–Crippen LogP) is 4.75. The maximum atomic E-state index is 3.77. The molecule has 18 heavy (non-hydrogen) atoms. The van der Waals surface area contributed by atoms with Crippen LogP contribution in [-0.4, -0.2) is 6.04 Å². The van der Waals surface area contributed by atoms with Gasteiger partial charge in [0.05, 0.1) is 0 Å². The standard InChI is InChI=1S/C16H27NS/c1-12(2)14-5-4-6-15(8-7-14)17-11-16-13(3)9-10-18-16/h9-10,12,14-15,17H,4-8,11H2,1-3H3. The van der Waals surface area contributed by atoms with Crippen LogP contribution in [0.2, 0.25) is 0 Å². The quantitative estimate of drug-likeness (QED) is 0.775. The molecule has 1 aromatic rings. The van der Waals surface area contributed by atoms with E-state index in [0.29, 0.717) is 0 Å². The Morgan fingerprint density at radius 3 is 2.78 bits per heavy atom. The SMILES string of the molecule is Cc1ccsc1CNC1CCCC(C(C)C)CC1. The number of hydrogen-bond acceptors (Lipinski definition) is 2. The highest BCUT2D eigenvalue weighted by Crippen LogP contribution is 2.29. The largest absolute Gasteiger partial charge is 0.309 e. The van der Waals surface area contributed by atoms with Crippen LogP contribution in [0.3, 0.4) is 0 Å². The van der Waals surface area contributed by atoms with E-state index in [-0.39, 0.29) is 0 Å². The van der Waals surface area contributed by atoms with Gasteiger partial charge in [0.15, 0.2) is 0 Å². The fraction of sp³-hybridized carbons (Fsp3) is 0.750. The summed E-state index contributed by atoms with van der Waals surface area (Å²) in [5.41, 5.74) is 1.45. The first-order chi connectivity index (χ1) is 8.66. The smallest absolute Gasteiger partial charge is 0.0304 e. The van der Waals surface area contributed by atoms with Crippen LogP contribution in [0.4, 0.5) is 0 Å². The fourth-order valence-electron chi connectivity index (χ4n) is 3.02. The monoisotopic (exact) mass is 265 g/mol. The maximum absolute atomic E-state index is 3.77. The molecular weight excluding hydrogens is 238 g/mol. The first kappa shape index (κ1) is 14.1. The van der Waals surface area contributed by atoms with Gasteiger partial charge in [-0.3, -0.25) is 0 Å². The Morgan fingerprint density at radius 2 is 2.11 bits per heavy atom. The molecule has 102 valence electrons. The Labute approximate surface area is 116 Å². The zero-order chi connectivity index (χ0) is 13.0. The van der Waals surface area contributed by atoms with Crippen molar-refractivity contribution in [2.45, 2.75) is 65.5 Å². The predicted molar refractivity (Wildman–Crippen MR) is 81.1 cm³/mol. The average molecular weight is 265 g/mol. The molecule has 1 heterocycles. The number of hydrogen-bond donors (Lipinski definition) is 1.